The largest absolute Gasteiger partial charge is 0.506 e. The van der Waals surface area contributed by atoms with Crippen LogP contribution in [0.3, 0.4) is 0 Å². The van der Waals surface area contributed by atoms with Gasteiger partial charge in [0.25, 0.3) is 11.4 Å². The lowest BCUT2D eigenvalue weighted by molar-refractivity contribution is -0.386. The molecule has 26 heavy (non-hydrogen) atoms. The highest BCUT2D eigenvalue weighted by Gasteiger charge is 2.44. The molecule has 0 saturated carbocycles. The average Bonchev–Trinajstić information content (AvgIpc) is 3.11. The molecule has 0 bridgehead atoms. The van der Waals surface area contributed by atoms with Crippen molar-refractivity contribution in [3.8, 4) is 5.75 Å². The van der Waals surface area contributed by atoms with Crippen molar-refractivity contribution < 1.29 is 15.0 Å². The van der Waals surface area contributed by atoms with Gasteiger partial charge >= 0.3 is 0 Å². The van der Waals surface area contributed by atoms with Crippen LogP contribution in [0.15, 0.2) is 48.6 Å². The van der Waals surface area contributed by atoms with Gasteiger partial charge in [-0.05, 0) is 18.4 Å². The van der Waals surface area contributed by atoms with Crippen LogP contribution < -0.4 is 5.32 Å². The number of para-hydroxylation sites is 1. The minimum absolute atomic E-state index is 0.0102. The van der Waals surface area contributed by atoms with Crippen molar-refractivity contribution in [3.05, 3.63) is 79.9 Å². The first-order valence-electron chi connectivity index (χ1n) is 8.16. The molecule has 4 rings (SSSR count). The molecule has 0 radical (unpaired) electrons. The fourth-order valence-corrected chi connectivity index (χ4v) is 4.06. The van der Waals surface area contributed by atoms with E-state index in [1.54, 1.807) is 18.2 Å². The number of hydrogen-bond donors (Lipinski definition) is 2. The smallest absolute Gasteiger partial charge is 0.275 e. The maximum Gasteiger partial charge on any atom is 0.275 e. The van der Waals surface area contributed by atoms with E-state index in [0.717, 1.165) is 0 Å². The summed E-state index contributed by atoms with van der Waals surface area (Å²) in [5.41, 5.74) is 1.14. The molecule has 0 fully saturated rings. The number of aromatic hydroxyl groups is 1. The fourth-order valence-electron chi connectivity index (χ4n) is 4.06. The van der Waals surface area contributed by atoms with E-state index in [1.807, 2.05) is 12.2 Å². The van der Waals surface area contributed by atoms with Gasteiger partial charge in [0.2, 0.25) is 0 Å². The molecule has 1 aliphatic heterocycles. The highest BCUT2D eigenvalue weighted by Crippen LogP contribution is 2.55. The summed E-state index contributed by atoms with van der Waals surface area (Å²) in [6.07, 6.45) is 4.46. The van der Waals surface area contributed by atoms with E-state index < -0.39 is 15.9 Å². The maximum atomic E-state index is 11.5. The van der Waals surface area contributed by atoms with Crippen molar-refractivity contribution in [2.75, 3.05) is 5.32 Å². The number of nitro benzene ring substituents is 2. The zero-order valence-corrected chi connectivity index (χ0v) is 13.5. The average molecular weight is 353 g/mol. The van der Waals surface area contributed by atoms with Gasteiger partial charge in [-0.3, -0.25) is 20.2 Å². The lowest BCUT2D eigenvalue weighted by Gasteiger charge is -2.37. The predicted octanol–water partition coefficient (Wildman–Crippen LogP) is 4.04. The number of rotatable bonds is 3. The van der Waals surface area contributed by atoms with Gasteiger partial charge in [-0.25, -0.2) is 0 Å². The molecule has 2 aromatic carbocycles. The standard InChI is InChI=1S/C18H15N3O5/c22-15-9-8-14(21(25)26)16-10-5-3-6-11(10)17(19-18(15)16)12-4-1-2-7-13(12)20(23)24/h1-5,7-11,17,19,22H,6H2. The van der Waals surface area contributed by atoms with Gasteiger partial charge in [-0.1, -0.05) is 30.4 Å². The number of phenols is 1. The number of hydrogen-bond acceptors (Lipinski definition) is 6. The molecule has 0 spiro atoms. The van der Waals surface area contributed by atoms with Crippen LogP contribution in [0.2, 0.25) is 0 Å². The lowest BCUT2D eigenvalue weighted by atomic mass is 9.76. The van der Waals surface area contributed by atoms with E-state index in [4.69, 9.17) is 0 Å². The molecule has 8 nitrogen and oxygen atoms in total. The Hall–Kier alpha value is -3.42. The number of phenolic OH excluding ortho intramolecular Hbond substituents is 1. The molecule has 0 saturated heterocycles. The molecule has 2 aliphatic rings. The van der Waals surface area contributed by atoms with Crippen LogP contribution in [0.1, 0.15) is 29.5 Å². The molecule has 2 aromatic rings. The Balaban J connectivity index is 1.90. The molecule has 0 amide bonds. The van der Waals surface area contributed by atoms with E-state index in [-0.39, 0.29) is 34.6 Å². The summed E-state index contributed by atoms with van der Waals surface area (Å²) in [6.45, 7) is 0. The summed E-state index contributed by atoms with van der Waals surface area (Å²) in [5.74, 6) is -0.499. The molecular weight excluding hydrogens is 338 g/mol. The second kappa shape index (κ2) is 5.83. The lowest BCUT2D eigenvalue weighted by Crippen LogP contribution is -2.30. The van der Waals surface area contributed by atoms with Crippen LogP contribution in [0.5, 0.6) is 5.75 Å². The first kappa shape index (κ1) is 16.1. The number of nitro groups is 2. The van der Waals surface area contributed by atoms with Gasteiger partial charge in [0.1, 0.15) is 5.75 Å². The van der Waals surface area contributed by atoms with E-state index in [9.17, 15) is 25.3 Å². The molecule has 0 aromatic heterocycles. The molecule has 3 atom stereocenters. The third kappa shape index (κ3) is 2.30. The van der Waals surface area contributed by atoms with Crippen molar-refractivity contribution in [1.82, 2.24) is 0 Å². The monoisotopic (exact) mass is 353 g/mol. The number of anilines is 1. The van der Waals surface area contributed by atoms with Crippen LogP contribution in [-0.2, 0) is 0 Å². The Labute approximate surface area is 148 Å². The number of nitrogens with one attached hydrogen (secondary N) is 1. The van der Waals surface area contributed by atoms with Crippen molar-refractivity contribution >= 4 is 17.1 Å². The van der Waals surface area contributed by atoms with Crippen molar-refractivity contribution in [3.63, 3.8) is 0 Å². The van der Waals surface area contributed by atoms with Crippen LogP contribution in [0.4, 0.5) is 17.1 Å². The number of allylic oxidation sites excluding steroid dienone is 2. The Morgan fingerprint density at radius 2 is 1.77 bits per heavy atom. The van der Waals surface area contributed by atoms with Gasteiger partial charge in [-0.15, -0.1) is 0 Å². The number of benzene rings is 2. The normalized spacial score (nSPS) is 23.0. The summed E-state index contributed by atoms with van der Waals surface area (Å²) < 4.78 is 0. The van der Waals surface area contributed by atoms with Gasteiger partial charge in [0.05, 0.1) is 32.7 Å². The quantitative estimate of drug-likeness (QED) is 0.372. The number of nitrogens with zero attached hydrogens (tertiary/aromatic N) is 2. The van der Waals surface area contributed by atoms with Crippen LogP contribution in [0.25, 0.3) is 0 Å². The van der Waals surface area contributed by atoms with E-state index >= 15 is 0 Å². The zero-order valence-electron chi connectivity index (χ0n) is 13.5. The van der Waals surface area contributed by atoms with E-state index in [2.05, 4.69) is 5.32 Å². The summed E-state index contributed by atoms with van der Waals surface area (Å²) in [7, 11) is 0. The summed E-state index contributed by atoms with van der Waals surface area (Å²) in [5, 5.41) is 36.3. The van der Waals surface area contributed by atoms with Crippen molar-refractivity contribution in [2.45, 2.75) is 18.4 Å². The minimum Gasteiger partial charge on any atom is -0.506 e. The highest BCUT2D eigenvalue weighted by atomic mass is 16.6. The van der Waals surface area contributed by atoms with Crippen LogP contribution in [0, 0.1) is 26.1 Å². The van der Waals surface area contributed by atoms with Crippen LogP contribution in [-0.4, -0.2) is 15.0 Å². The Morgan fingerprint density at radius 3 is 2.50 bits per heavy atom. The predicted molar refractivity (Wildman–Crippen MR) is 94.2 cm³/mol. The first-order chi connectivity index (χ1) is 12.5. The van der Waals surface area contributed by atoms with Crippen molar-refractivity contribution in [1.29, 1.82) is 0 Å². The Kier molecular flexibility index (Phi) is 3.61. The zero-order chi connectivity index (χ0) is 18.4. The molecule has 132 valence electrons. The first-order valence-corrected chi connectivity index (χ1v) is 8.16. The van der Waals surface area contributed by atoms with Gasteiger partial charge in [-0.2, -0.15) is 0 Å². The van der Waals surface area contributed by atoms with Crippen molar-refractivity contribution in [2.24, 2.45) is 5.92 Å². The summed E-state index contributed by atoms with van der Waals surface area (Å²) in [6, 6.07) is 8.60. The fraction of sp³-hybridized carbons (Fsp3) is 0.222. The molecular formula is C18H15N3O5. The van der Waals surface area contributed by atoms with Crippen LogP contribution >= 0.6 is 0 Å². The van der Waals surface area contributed by atoms with Gasteiger partial charge in [0, 0.05) is 18.1 Å². The molecule has 1 aliphatic carbocycles. The second-order valence-corrected chi connectivity index (χ2v) is 6.44. The SMILES string of the molecule is O=[N+]([O-])c1ccccc1C1Nc2c(O)ccc([N+](=O)[O-])c2C2C=CCC21. The maximum absolute atomic E-state index is 11.5. The molecule has 3 unspecified atom stereocenters. The Morgan fingerprint density at radius 1 is 1.04 bits per heavy atom. The summed E-state index contributed by atoms with van der Waals surface area (Å²) in [4.78, 5) is 22.0. The second-order valence-electron chi connectivity index (χ2n) is 6.44. The molecule has 2 N–H and O–H groups in total. The third-order valence-corrected chi connectivity index (χ3v) is 5.14. The highest BCUT2D eigenvalue weighted by molar-refractivity contribution is 5.73. The minimum atomic E-state index is -0.464. The van der Waals surface area contributed by atoms with Gasteiger partial charge in [0.15, 0.2) is 0 Å². The molecule has 1 heterocycles. The topological polar surface area (TPSA) is 119 Å². The van der Waals surface area contributed by atoms with E-state index in [1.165, 1.54) is 18.2 Å². The third-order valence-electron chi connectivity index (χ3n) is 5.14. The molecule has 8 heteroatoms. The Bertz CT molecular complexity index is 956. The summed E-state index contributed by atoms with van der Waals surface area (Å²) >= 11 is 0. The van der Waals surface area contributed by atoms with Gasteiger partial charge < -0.3 is 10.4 Å². The number of fused-ring (bicyclic) bond motifs is 3. The van der Waals surface area contributed by atoms with E-state index in [0.29, 0.717) is 17.5 Å².